The van der Waals surface area contributed by atoms with E-state index in [1.165, 1.54) is 0 Å². The average molecular weight is 178 g/mol. The first-order chi connectivity index (χ1) is 6.00. The van der Waals surface area contributed by atoms with E-state index in [0.29, 0.717) is 0 Å². The zero-order chi connectivity index (χ0) is 9.90. The highest BCUT2D eigenvalue weighted by atomic mass is 16.1. The number of nitrogens with one attached hydrogen (secondary N) is 1. The monoisotopic (exact) mass is 178 g/mol. The highest BCUT2D eigenvalue weighted by Crippen LogP contribution is 2.15. The second-order valence-electron chi connectivity index (χ2n) is 3.95. The van der Waals surface area contributed by atoms with Crippen LogP contribution in [0.1, 0.15) is 26.5 Å². The Morgan fingerprint density at radius 1 is 1.54 bits per heavy atom. The number of carbonyl (C=O) groups is 1. The number of nitrogens with zero attached hydrogens (tertiary/aromatic N) is 1. The topological polar surface area (TPSA) is 45.8 Å². The normalized spacial score (nSPS) is 12.2. The van der Waals surface area contributed by atoms with Gasteiger partial charge in [0.05, 0.1) is 18.2 Å². The minimum absolute atomic E-state index is 0.113. The van der Waals surface area contributed by atoms with Gasteiger partial charge in [0, 0.05) is 5.41 Å². The molecule has 0 aliphatic carbocycles. The number of hydrogen-bond acceptors (Lipinski definition) is 2. The maximum atomic E-state index is 11.4. The molecule has 0 bridgehead atoms. The number of aromatic nitrogens is 2. The van der Waals surface area contributed by atoms with Gasteiger partial charge in [0.15, 0.2) is 5.78 Å². The number of hydrogen-bond donors (Lipinski definition) is 1. The number of carbonyl (C=O) groups excluding carboxylic acids is 1. The van der Waals surface area contributed by atoms with Gasteiger partial charge in [-0.25, -0.2) is 4.98 Å². The fourth-order valence-electron chi connectivity index (χ4n) is 0.773. The van der Waals surface area contributed by atoms with Gasteiger partial charge in [-0.15, -0.1) is 0 Å². The number of aromatic amines is 1. The average Bonchev–Trinajstić information content (AvgIpc) is 2.50. The Bertz CT molecular complexity index is 304. The summed E-state index contributed by atoms with van der Waals surface area (Å²) in [4.78, 5) is 18.2. The van der Waals surface area contributed by atoms with Crippen molar-refractivity contribution in [2.75, 3.05) is 0 Å². The highest BCUT2D eigenvalue weighted by Gasteiger charge is 2.17. The number of H-pyrrole nitrogens is 1. The van der Waals surface area contributed by atoms with Gasteiger partial charge in [-0.2, -0.15) is 0 Å². The van der Waals surface area contributed by atoms with E-state index in [1.54, 1.807) is 24.7 Å². The Hall–Kier alpha value is -1.38. The highest BCUT2D eigenvalue weighted by molar-refractivity contribution is 5.97. The van der Waals surface area contributed by atoms with Crippen molar-refractivity contribution in [1.29, 1.82) is 0 Å². The van der Waals surface area contributed by atoms with Crippen molar-refractivity contribution in [2.24, 2.45) is 5.41 Å². The number of allylic oxidation sites excluding steroid dienone is 1. The van der Waals surface area contributed by atoms with Crippen LogP contribution in [0.3, 0.4) is 0 Å². The minimum atomic E-state index is -0.309. The molecule has 0 unspecified atom stereocenters. The molecule has 70 valence electrons. The van der Waals surface area contributed by atoms with Gasteiger partial charge in [0.2, 0.25) is 0 Å². The Balaban J connectivity index is 2.65. The summed E-state index contributed by atoms with van der Waals surface area (Å²) in [7, 11) is 0. The van der Waals surface area contributed by atoms with E-state index < -0.39 is 0 Å². The molecule has 0 fully saturated rings. The Morgan fingerprint density at radius 3 is 2.69 bits per heavy atom. The molecule has 1 heterocycles. The molecule has 0 spiro atoms. The lowest BCUT2D eigenvalue weighted by Crippen LogP contribution is -2.17. The molecular formula is C10H14N2O. The van der Waals surface area contributed by atoms with Crippen LogP contribution in [0.4, 0.5) is 0 Å². The third-order valence-corrected chi connectivity index (χ3v) is 1.67. The molecule has 1 N–H and O–H groups in total. The molecule has 3 nitrogen and oxygen atoms in total. The zero-order valence-electron chi connectivity index (χ0n) is 8.16. The fraction of sp³-hybridized carbons (Fsp3) is 0.400. The van der Waals surface area contributed by atoms with E-state index in [9.17, 15) is 4.79 Å². The van der Waals surface area contributed by atoms with Crippen molar-refractivity contribution < 1.29 is 4.79 Å². The van der Waals surface area contributed by atoms with Gasteiger partial charge < -0.3 is 4.98 Å². The lowest BCUT2D eigenvalue weighted by atomic mass is 9.90. The Morgan fingerprint density at radius 2 is 2.23 bits per heavy atom. The molecule has 13 heavy (non-hydrogen) atoms. The molecule has 1 aromatic rings. The van der Waals surface area contributed by atoms with Crippen molar-refractivity contribution in [3.8, 4) is 0 Å². The quantitative estimate of drug-likeness (QED) is 0.704. The molecule has 1 rings (SSSR count). The van der Waals surface area contributed by atoms with Crippen LogP contribution in [0, 0.1) is 5.41 Å². The molecule has 0 aliphatic heterocycles. The van der Waals surface area contributed by atoms with Crippen molar-refractivity contribution >= 4 is 11.9 Å². The number of imidazole rings is 1. The lowest BCUT2D eigenvalue weighted by Gasteiger charge is -2.12. The van der Waals surface area contributed by atoms with E-state index in [4.69, 9.17) is 0 Å². The van der Waals surface area contributed by atoms with Gasteiger partial charge in [0.1, 0.15) is 0 Å². The van der Waals surface area contributed by atoms with Crippen LogP contribution in [0.2, 0.25) is 0 Å². The minimum Gasteiger partial charge on any atom is -0.345 e. The summed E-state index contributed by atoms with van der Waals surface area (Å²) in [6.45, 7) is 5.69. The van der Waals surface area contributed by atoms with E-state index in [2.05, 4.69) is 9.97 Å². The van der Waals surface area contributed by atoms with E-state index >= 15 is 0 Å². The first-order valence-corrected chi connectivity index (χ1v) is 4.21. The van der Waals surface area contributed by atoms with Crippen molar-refractivity contribution in [3.63, 3.8) is 0 Å². The molecule has 1 aromatic heterocycles. The second-order valence-corrected chi connectivity index (χ2v) is 3.95. The number of ketones is 1. The molecule has 0 saturated heterocycles. The predicted molar refractivity (Wildman–Crippen MR) is 52.1 cm³/mol. The molecule has 0 aromatic carbocycles. The van der Waals surface area contributed by atoms with Gasteiger partial charge in [0.25, 0.3) is 0 Å². The summed E-state index contributed by atoms with van der Waals surface area (Å²) in [5, 5.41) is 0. The summed E-state index contributed by atoms with van der Waals surface area (Å²) in [6, 6.07) is 0. The summed E-state index contributed by atoms with van der Waals surface area (Å²) in [5.74, 6) is 0.113. The largest absolute Gasteiger partial charge is 0.345 e. The lowest BCUT2D eigenvalue weighted by molar-refractivity contribution is -0.121. The second kappa shape index (κ2) is 3.56. The van der Waals surface area contributed by atoms with E-state index in [1.807, 2.05) is 20.8 Å². The van der Waals surface area contributed by atoms with E-state index in [-0.39, 0.29) is 11.2 Å². The summed E-state index contributed by atoms with van der Waals surface area (Å²) in [6.07, 6.45) is 6.57. The smallest absolute Gasteiger partial charge is 0.161 e. The maximum absolute atomic E-state index is 11.4. The van der Waals surface area contributed by atoms with Crippen LogP contribution >= 0.6 is 0 Å². The maximum Gasteiger partial charge on any atom is 0.161 e. The van der Waals surface area contributed by atoms with Crippen LogP contribution in [-0.2, 0) is 4.79 Å². The zero-order valence-corrected chi connectivity index (χ0v) is 8.16. The third kappa shape index (κ3) is 2.86. The van der Waals surface area contributed by atoms with Crippen LogP contribution in [0.5, 0.6) is 0 Å². The first kappa shape index (κ1) is 9.71. The van der Waals surface area contributed by atoms with Crippen molar-refractivity contribution in [1.82, 2.24) is 9.97 Å². The van der Waals surface area contributed by atoms with Gasteiger partial charge in [-0.05, 0) is 12.2 Å². The van der Waals surface area contributed by atoms with Crippen molar-refractivity contribution in [3.05, 3.63) is 24.3 Å². The van der Waals surface area contributed by atoms with Crippen LogP contribution < -0.4 is 0 Å². The van der Waals surface area contributed by atoms with E-state index in [0.717, 1.165) is 5.69 Å². The number of rotatable bonds is 2. The van der Waals surface area contributed by atoms with Gasteiger partial charge in [-0.1, -0.05) is 20.8 Å². The molecule has 0 atom stereocenters. The summed E-state index contributed by atoms with van der Waals surface area (Å²) in [5.41, 5.74) is 0.536. The van der Waals surface area contributed by atoms with Crippen LogP contribution in [0.25, 0.3) is 6.08 Å². The molecule has 0 saturated carbocycles. The van der Waals surface area contributed by atoms with Crippen molar-refractivity contribution in [2.45, 2.75) is 20.8 Å². The SMILES string of the molecule is CC(C)(C)C(=O)/C=C/c1cnc[nH]1. The molecule has 0 radical (unpaired) electrons. The molecular weight excluding hydrogens is 164 g/mol. The Labute approximate surface area is 77.9 Å². The first-order valence-electron chi connectivity index (χ1n) is 4.21. The standard InChI is InChI=1S/C10H14N2O/c1-10(2,3)9(13)5-4-8-6-11-7-12-8/h4-7H,1-3H3,(H,11,12)/b5-4+. The predicted octanol–water partition coefficient (Wildman–Crippen LogP) is 2.04. The molecule has 0 aliphatic rings. The third-order valence-electron chi connectivity index (χ3n) is 1.67. The molecule has 3 heteroatoms. The van der Waals surface area contributed by atoms with Gasteiger partial charge in [-0.3, -0.25) is 4.79 Å². The fourth-order valence-corrected chi connectivity index (χ4v) is 0.773. The summed E-state index contributed by atoms with van der Waals surface area (Å²) >= 11 is 0. The van der Waals surface area contributed by atoms with Crippen LogP contribution in [0.15, 0.2) is 18.6 Å². The Kier molecular flexibility index (Phi) is 2.66. The molecule has 0 amide bonds. The van der Waals surface area contributed by atoms with Gasteiger partial charge >= 0.3 is 0 Å². The van der Waals surface area contributed by atoms with Crippen LogP contribution in [-0.4, -0.2) is 15.8 Å². The summed E-state index contributed by atoms with van der Waals surface area (Å²) < 4.78 is 0.